The van der Waals surface area contributed by atoms with Crippen molar-refractivity contribution in [2.75, 3.05) is 32.9 Å². The fraction of sp³-hybridized carbons (Fsp3) is 1.00. The van der Waals surface area contributed by atoms with Gasteiger partial charge in [-0.25, -0.2) is 0 Å². The van der Waals surface area contributed by atoms with Gasteiger partial charge < -0.3 is 25.2 Å². The molecule has 1 aliphatic heterocycles. The number of likely N-dealkylation sites (tertiary alicyclic amines) is 1. The average molecular weight is 428 g/mol. The fourth-order valence-corrected chi connectivity index (χ4v) is 6.01. The highest BCUT2D eigenvalue weighted by atomic mass is 16.5. The molecule has 30 heavy (non-hydrogen) atoms. The Morgan fingerprint density at radius 1 is 0.800 bits per heavy atom. The van der Waals surface area contributed by atoms with Gasteiger partial charge in [-0.3, -0.25) is 4.90 Å². The van der Waals surface area contributed by atoms with Crippen LogP contribution >= 0.6 is 0 Å². The van der Waals surface area contributed by atoms with Crippen molar-refractivity contribution in [2.24, 2.45) is 17.8 Å². The molecule has 0 bridgehead atoms. The van der Waals surface area contributed by atoms with Crippen LogP contribution in [0.1, 0.15) is 77.0 Å². The van der Waals surface area contributed by atoms with Gasteiger partial charge in [0.05, 0.1) is 37.6 Å². The lowest BCUT2D eigenvalue weighted by atomic mass is 9.70. The minimum atomic E-state index is -0.855. The highest BCUT2D eigenvalue weighted by molar-refractivity contribution is 4.89. The Kier molecular flexibility index (Phi) is 10.3. The van der Waals surface area contributed by atoms with Crippen LogP contribution in [0.5, 0.6) is 0 Å². The van der Waals surface area contributed by atoms with E-state index in [9.17, 15) is 20.4 Å². The third kappa shape index (κ3) is 6.88. The van der Waals surface area contributed by atoms with Crippen molar-refractivity contribution >= 4 is 0 Å². The molecule has 4 N–H and O–H groups in total. The zero-order valence-electron chi connectivity index (χ0n) is 18.7. The predicted molar refractivity (Wildman–Crippen MR) is 117 cm³/mol. The van der Waals surface area contributed by atoms with Crippen molar-refractivity contribution in [3.63, 3.8) is 0 Å². The largest absolute Gasteiger partial charge is 0.395 e. The van der Waals surface area contributed by atoms with Gasteiger partial charge in [0.2, 0.25) is 0 Å². The quantitative estimate of drug-likeness (QED) is 0.400. The second-order valence-electron chi connectivity index (χ2n) is 10.1. The van der Waals surface area contributed by atoms with Gasteiger partial charge in [0.15, 0.2) is 0 Å². The van der Waals surface area contributed by atoms with Crippen molar-refractivity contribution in [3.8, 4) is 0 Å². The number of hydrogen-bond acceptors (Lipinski definition) is 6. The Labute approximate surface area is 182 Å². The first-order valence-electron chi connectivity index (χ1n) is 12.6. The number of unbranched alkanes of at least 4 members (excludes halogenated alkanes) is 2. The molecule has 0 amide bonds. The first-order valence-corrected chi connectivity index (χ1v) is 12.6. The molecule has 1 saturated heterocycles. The monoisotopic (exact) mass is 427 g/mol. The van der Waals surface area contributed by atoms with Crippen LogP contribution in [0.2, 0.25) is 0 Å². The number of aliphatic hydroxyl groups excluding tert-OH is 4. The van der Waals surface area contributed by atoms with E-state index in [1.165, 1.54) is 38.5 Å². The van der Waals surface area contributed by atoms with Crippen molar-refractivity contribution in [1.82, 2.24) is 4.90 Å². The Bertz CT molecular complexity index is 473. The third-order valence-electron chi connectivity index (χ3n) is 8.04. The summed E-state index contributed by atoms with van der Waals surface area (Å²) in [5.74, 6) is 1.88. The van der Waals surface area contributed by atoms with Gasteiger partial charge >= 0.3 is 0 Å². The molecule has 0 aromatic rings. The van der Waals surface area contributed by atoms with Crippen LogP contribution in [0.4, 0.5) is 0 Å². The van der Waals surface area contributed by atoms with Crippen LogP contribution in [-0.4, -0.2) is 82.6 Å². The summed E-state index contributed by atoms with van der Waals surface area (Å²) in [7, 11) is 0. The molecule has 1 heterocycles. The van der Waals surface area contributed by atoms with Crippen molar-refractivity contribution < 1.29 is 25.2 Å². The number of aliphatic hydroxyl groups is 4. The summed E-state index contributed by atoms with van der Waals surface area (Å²) in [6.07, 6.45) is 12.1. The fourth-order valence-electron chi connectivity index (χ4n) is 6.01. The molecule has 0 spiro atoms. The van der Waals surface area contributed by atoms with Crippen LogP contribution in [-0.2, 0) is 4.74 Å². The second kappa shape index (κ2) is 12.7. The molecule has 4 unspecified atom stereocenters. The number of ether oxygens (including phenoxy) is 1. The van der Waals surface area contributed by atoms with Crippen LogP contribution in [0.25, 0.3) is 0 Å². The topological polar surface area (TPSA) is 93.4 Å². The standard InChI is InChI=1S/C24H45NO5/c26-16-21-24(29)22(27)11-13-25(21)12-5-2-6-14-30-17-20-10-9-19(15-23(20)28)18-7-3-1-4-8-18/h18-24,26-29H,1-17H2/t19?,20?,21?,22-,23?,24+/m1/s1. The predicted octanol–water partition coefficient (Wildman–Crippen LogP) is 2.32. The number of piperidine rings is 1. The molecule has 0 radical (unpaired) electrons. The zero-order valence-corrected chi connectivity index (χ0v) is 18.7. The van der Waals surface area contributed by atoms with Gasteiger partial charge in [-0.1, -0.05) is 32.1 Å². The molecule has 6 heteroatoms. The van der Waals surface area contributed by atoms with E-state index in [1.54, 1.807) is 0 Å². The first-order chi connectivity index (χ1) is 14.6. The molecule has 0 aromatic heterocycles. The summed E-state index contributed by atoms with van der Waals surface area (Å²) in [4.78, 5) is 2.10. The van der Waals surface area contributed by atoms with Crippen molar-refractivity contribution in [1.29, 1.82) is 0 Å². The molecule has 3 fully saturated rings. The first kappa shape index (κ1) is 24.4. The summed E-state index contributed by atoms with van der Waals surface area (Å²) in [6, 6.07) is -0.352. The Morgan fingerprint density at radius 2 is 1.60 bits per heavy atom. The van der Waals surface area contributed by atoms with Gasteiger partial charge in [0.1, 0.15) is 0 Å². The van der Waals surface area contributed by atoms with Gasteiger partial charge in [-0.05, 0) is 63.3 Å². The minimum Gasteiger partial charge on any atom is -0.395 e. The smallest absolute Gasteiger partial charge is 0.0976 e. The Balaban J connectivity index is 1.23. The van der Waals surface area contributed by atoms with Crippen LogP contribution in [0, 0.1) is 17.8 Å². The summed E-state index contributed by atoms with van der Waals surface area (Å²) in [5, 5.41) is 39.9. The Hall–Kier alpha value is -0.240. The molecule has 176 valence electrons. The molecule has 6 nitrogen and oxygen atoms in total. The van der Waals surface area contributed by atoms with Crippen molar-refractivity contribution in [3.05, 3.63) is 0 Å². The number of hydrogen-bond donors (Lipinski definition) is 4. The molecule has 2 saturated carbocycles. The van der Waals surface area contributed by atoms with Gasteiger partial charge in [0, 0.05) is 19.1 Å². The van der Waals surface area contributed by atoms with E-state index in [0.29, 0.717) is 18.9 Å². The van der Waals surface area contributed by atoms with Crippen LogP contribution < -0.4 is 0 Å². The third-order valence-corrected chi connectivity index (χ3v) is 8.04. The maximum absolute atomic E-state index is 10.6. The summed E-state index contributed by atoms with van der Waals surface area (Å²) in [6.45, 7) is 2.86. The summed E-state index contributed by atoms with van der Waals surface area (Å²) < 4.78 is 5.90. The maximum Gasteiger partial charge on any atom is 0.0976 e. The lowest BCUT2D eigenvalue weighted by Gasteiger charge is -2.40. The maximum atomic E-state index is 10.6. The molecule has 3 aliphatic rings. The van der Waals surface area contributed by atoms with E-state index >= 15 is 0 Å². The lowest BCUT2D eigenvalue weighted by molar-refractivity contribution is -0.0897. The van der Waals surface area contributed by atoms with Crippen molar-refractivity contribution in [2.45, 2.75) is 101 Å². The summed E-state index contributed by atoms with van der Waals surface area (Å²) in [5.41, 5.74) is 0. The van der Waals surface area contributed by atoms with E-state index in [-0.39, 0.29) is 18.8 Å². The van der Waals surface area contributed by atoms with E-state index in [4.69, 9.17) is 4.74 Å². The van der Waals surface area contributed by atoms with Crippen LogP contribution in [0.15, 0.2) is 0 Å². The number of rotatable bonds is 10. The molecular weight excluding hydrogens is 382 g/mol. The molecule has 0 aromatic carbocycles. The van der Waals surface area contributed by atoms with E-state index in [1.807, 2.05) is 0 Å². The lowest BCUT2D eigenvalue weighted by Crippen LogP contribution is -2.56. The normalized spacial score (nSPS) is 36.8. The molecule has 3 rings (SSSR count). The van der Waals surface area contributed by atoms with Crippen LogP contribution in [0.3, 0.4) is 0 Å². The number of nitrogens with zero attached hydrogens (tertiary/aromatic N) is 1. The average Bonchev–Trinajstić information content (AvgIpc) is 2.77. The van der Waals surface area contributed by atoms with E-state index < -0.39 is 12.2 Å². The molecule has 6 atom stereocenters. The Morgan fingerprint density at radius 3 is 2.33 bits per heavy atom. The summed E-state index contributed by atoms with van der Waals surface area (Å²) >= 11 is 0. The zero-order chi connectivity index (χ0) is 21.3. The van der Waals surface area contributed by atoms with E-state index in [2.05, 4.69) is 4.90 Å². The molecule has 2 aliphatic carbocycles. The minimum absolute atomic E-state index is 0.118. The molecular formula is C24H45NO5. The highest BCUT2D eigenvalue weighted by Crippen LogP contribution is 2.40. The van der Waals surface area contributed by atoms with Gasteiger partial charge in [-0.15, -0.1) is 0 Å². The second-order valence-corrected chi connectivity index (χ2v) is 10.1. The highest BCUT2D eigenvalue weighted by Gasteiger charge is 2.35. The SMILES string of the molecule is OCC1[C@H](O)[C@H](O)CCN1CCCCCOCC1CCC(C2CCCCC2)CC1O. The van der Waals surface area contributed by atoms with Gasteiger partial charge in [0.25, 0.3) is 0 Å². The van der Waals surface area contributed by atoms with E-state index in [0.717, 1.165) is 63.6 Å². The van der Waals surface area contributed by atoms with Gasteiger partial charge in [-0.2, -0.15) is 0 Å².